The highest BCUT2D eigenvalue weighted by molar-refractivity contribution is 6.02. The van der Waals surface area contributed by atoms with Crippen molar-refractivity contribution in [3.63, 3.8) is 0 Å². The van der Waals surface area contributed by atoms with Crippen LogP contribution in [-0.2, 0) is 16.0 Å². The van der Waals surface area contributed by atoms with Crippen LogP contribution in [0.4, 0.5) is 0 Å². The molecule has 0 spiro atoms. The van der Waals surface area contributed by atoms with Crippen LogP contribution < -0.4 is 0 Å². The van der Waals surface area contributed by atoms with E-state index in [0.717, 1.165) is 12.5 Å². The highest BCUT2D eigenvalue weighted by Crippen LogP contribution is 2.20. The third-order valence-electron chi connectivity index (χ3n) is 3.10. The average molecular weight is 306 g/mol. The largest absolute Gasteiger partial charge is 0.478 e. The molecule has 0 heterocycles. The summed E-state index contributed by atoms with van der Waals surface area (Å²) in [6, 6.07) is 4.24. The molecule has 0 aliphatic rings. The molecule has 1 aromatic carbocycles. The number of ether oxygens (including phenoxy) is 1. The second-order valence-corrected chi connectivity index (χ2v) is 4.71. The molecule has 0 aliphatic heterocycles. The molecule has 0 aliphatic carbocycles. The Morgan fingerprint density at radius 3 is 2.45 bits per heavy atom. The first-order valence-electron chi connectivity index (χ1n) is 6.82. The molecule has 1 rings (SSSR count). The van der Waals surface area contributed by atoms with Crippen LogP contribution in [0.25, 0.3) is 0 Å². The predicted octanol–water partition coefficient (Wildman–Crippen LogP) is 2.52. The highest BCUT2D eigenvalue weighted by Gasteiger charge is 2.22. The van der Waals surface area contributed by atoms with Crippen molar-refractivity contribution < 1.29 is 29.3 Å². The first-order chi connectivity index (χ1) is 10.4. The molecule has 118 valence electrons. The van der Waals surface area contributed by atoms with Gasteiger partial charge in [0.05, 0.1) is 11.1 Å². The molecule has 0 radical (unpaired) electrons. The van der Waals surface area contributed by atoms with Crippen LogP contribution in [0.5, 0.6) is 0 Å². The summed E-state index contributed by atoms with van der Waals surface area (Å²) in [6.45, 7) is 5.22. The van der Waals surface area contributed by atoms with Gasteiger partial charge in [-0.25, -0.2) is 14.4 Å². The number of benzene rings is 1. The fraction of sp³-hybridized carbons (Fsp3) is 0.312. The lowest BCUT2D eigenvalue weighted by atomic mass is 9.95. The molecule has 1 unspecified atom stereocenters. The molecule has 0 aromatic heterocycles. The van der Waals surface area contributed by atoms with Crippen molar-refractivity contribution >= 4 is 17.9 Å². The number of carboxylic acid groups (broad SMARTS) is 2. The van der Waals surface area contributed by atoms with Crippen LogP contribution in [0, 0.1) is 0 Å². The molecule has 0 fully saturated rings. The molecule has 0 saturated carbocycles. The molecule has 2 N–H and O–H groups in total. The van der Waals surface area contributed by atoms with E-state index in [9.17, 15) is 19.5 Å². The Bertz CT molecular complexity index is 590. The Kier molecular flexibility index (Phi) is 6.31. The van der Waals surface area contributed by atoms with Gasteiger partial charge in [0.2, 0.25) is 0 Å². The Morgan fingerprint density at radius 2 is 1.95 bits per heavy atom. The van der Waals surface area contributed by atoms with Crippen LogP contribution in [0.3, 0.4) is 0 Å². The van der Waals surface area contributed by atoms with E-state index in [2.05, 4.69) is 6.58 Å². The Labute approximate surface area is 128 Å². The monoisotopic (exact) mass is 306 g/mol. The van der Waals surface area contributed by atoms with Gasteiger partial charge in [0.25, 0.3) is 0 Å². The molecule has 0 bridgehead atoms. The molecule has 1 atom stereocenters. The third-order valence-corrected chi connectivity index (χ3v) is 3.10. The van der Waals surface area contributed by atoms with Crippen molar-refractivity contribution in [3.8, 4) is 0 Å². The van der Waals surface area contributed by atoms with Crippen molar-refractivity contribution in [2.45, 2.75) is 32.3 Å². The predicted molar refractivity (Wildman–Crippen MR) is 79.0 cm³/mol. The summed E-state index contributed by atoms with van der Waals surface area (Å²) in [5.74, 6) is -3.22. The van der Waals surface area contributed by atoms with Gasteiger partial charge in [0.15, 0.2) is 0 Å². The Hall–Kier alpha value is -2.63. The molecule has 6 nitrogen and oxygen atoms in total. The maximum absolute atomic E-state index is 11.4. The zero-order valence-electron chi connectivity index (χ0n) is 12.2. The number of hydrogen-bond donors (Lipinski definition) is 2. The first kappa shape index (κ1) is 17.4. The maximum atomic E-state index is 11.4. The van der Waals surface area contributed by atoms with Gasteiger partial charge in [-0.1, -0.05) is 32.1 Å². The van der Waals surface area contributed by atoms with Crippen molar-refractivity contribution in [1.29, 1.82) is 0 Å². The summed E-state index contributed by atoms with van der Waals surface area (Å²) in [5, 5.41) is 18.4. The van der Waals surface area contributed by atoms with E-state index in [0.29, 0.717) is 12.0 Å². The van der Waals surface area contributed by atoms with Crippen molar-refractivity contribution in [3.05, 3.63) is 47.5 Å². The topological polar surface area (TPSA) is 101 Å². The average Bonchev–Trinajstić information content (AvgIpc) is 2.46. The SMILES string of the molecule is C=CC(=O)OC(CCC)Cc1cccc(C(=O)O)c1C(=O)O. The summed E-state index contributed by atoms with van der Waals surface area (Å²) in [4.78, 5) is 33.9. The summed E-state index contributed by atoms with van der Waals surface area (Å²) in [5.41, 5.74) is -0.233. The van der Waals surface area contributed by atoms with Crippen molar-refractivity contribution in [2.75, 3.05) is 0 Å². The van der Waals surface area contributed by atoms with E-state index in [1.54, 1.807) is 0 Å². The first-order valence-corrected chi connectivity index (χ1v) is 6.82. The van der Waals surface area contributed by atoms with Crippen LogP contribution in [0.1, 0.15) is 46.0 Å². The number of carbonyl (C=O) groups is 3. The van der Waals surface area contributed by atoms with Crippen LogP contribution >= 0.6 is 0 Å². The van der Waals surface area contributed by atoms with Gasteiger partial charge in [-0.05, 0) is 18.1 Å². The summed E-state index contributed by atoms with van der Waals surface area (Å²) in [7, 11) is 0. The van der Waals surface area contributed by atoms with E-state index in [1.807, 2.05) is 6.92 Å². The Balaban J connectivity index is 3.15. The molecule has 0 saturated heterocycles. The van der Waals surface area contributed by atoms with Crippen LogP contribution in [-0.4, -0.2) is 34.2 Å². The van der Waals surface area contributed by atoms with Gasteiger partial charge in [0.1, 0.15) is 6.10 Å². The zero-order chi connectivity index (χ0) is 16.7. The lowest BCUT2D eigenvalue weighted by Gasteiger charge is -2.18. The highest BCUT2D eigenvalue weighted by atomic mass is 16.5. The van der Waals surface area contributed by atoms with Gasteiger partial charge in [-0.3, -0.25) is 0 Å². The van der Waals surface area contributed by atoms with E-state index < -0.39 is 24.0 Å². The Morgan fingerprint density at radius 1 is 1.27 bits per heavy atom. The van der Waals surface area contributed by atoms with Crippen LogP contribution in [0.15, 0.2) is 30.9 Å². The normalized spacial score (nSPS) is 11.5. The smallest absolute Gasteiger partial charge is 0.336 e. The van der Waals surface area contributed by atoms with Gasteiger partial charge in [-0.2, -0.15) is 0 Å². The minimum Gasteiger partial charge on any atom is -0.478 e. The van der Waals surface area contributed by atoms with Crippen molar-refractivity contribution in [1.82, 2.24) is 0 Å². The van der Waals surface area contributed by atoms with Crippen LogP contribution in [0.2, 0.25) is 0 Å². The molecular formula is C16H18O6. The van der Waals surface area contributed by atoms with Gasteiger partial charge >= 0.3 is 17.9 Å². The second kappa shape index (κ2) is 7.97. The number of aromatic carboxylic acids is 2. The van der Waals surface area contributed by atoms with Gasteiger partial charge in [0, 0.05) is 12.5 Å². The van der Waals surface area contributed by atoms with E-state index >= 15 is 0 Å². The molecule has 6 heteroatoms. The number of carbonyl (C=O) groups excluding carboxylic acids is 1. The molecule has 22 heavy (non-hydrogen) atoms. The third kappa shape index (κ3) is 4.44. The van der Waals surface area contributed by atoms with E-state index in [-0.39, 0.29) is 17.5 Å². The fourth-order valence-corrected chi connectivity index (χ4v) is 2.18. The standard InChI is InChI=1S/C16H18O6/c1-3-6-11(22-13(17)4-2)9-10-7-5-8-12(15(18)19)14(10)16(20)21/h4-5,7-8,11H,2-3,6,9H2,1H3,(H,18,19)(H,20,21). The lowest BCUT2D eigenvalue weighted by Crippen LogP contribution is -2.22. The number of esters is 1. The minimum absolute atomic E-state index is 0.135. The van der Waals surface area contributed by atoms with Gasteiger partial charge < -0.3 is 14.9 Å². The molecule has 0 amide bonds. The number of carboxylic acids is 2. The second-order valence-electron chi connectivity index (χ2n) is 4.71. The minimum atomic E-state index is -1.32. The van der Waals surface area contributed by atoms with Crippen molar-refractivity contribution in [2.24, 2.45) is 0 Å². The zero-order valence-corrected chi connectivity index (χ0v) is 12.2. The maximum Gasteiger partial charge on any atom is 0.336 e. The summed E-state index contributed by atoms with van der Waals surface area (Å²) < 4.78 is 5.18. The van der Waals surface area contributed by atoms with E-state index in [4.69, 9.17) is 9.84 Å². The number of rotatable bonds is 8. The van der Waals surface area contributed by atoms with E-state index in [1.165, 1.54) is 18.2 Å². The van der Waals surface area contributed by atoms with Gasteiger partial charge in [-0.15, -0.1) is 0 Å². The molecule has 1 aromatic rings. The lowest BCUT2D eigenvalue weighted by molar-refractivity contribution is -0.143. The number of hydrogen-bond acceptors (Lipinski definition) is 4. The quantitative estimate of drug-likeness (QED) is 0.565. The fourth-order valence-electron chi connectivity index (χ4n) is 2.18. The summed E-state index contributed by atoms with van der Waals surface area (Å²) in [6.07, 6.45) is 1.91. The summed E-state index contributed by atoms with van der Waals surface area (Å²) >= 11 is 0. The molecular weight excluding hydrogens is 288 g/mol.